The van der Waals surface area contributed by atoms with Gasteiger partial charge in [-0.15, -0.1) is 0 Å². The molecule has 0 atom stereocenters. The van der Waals surface area contributed by atoms with E-state index in [2.05, 4.69) is 0 Å². The molecule has 0 amide bonds. The minimum atomic E-state index is -4.71. The molecule has 3 rings (SSSR count). The predicted molar refractivity (Wildman–Crippen MR) is 95.2 cm³/mol. The van der Waals surface area contributed by atoms with Crippen LogP contribution in [0.5, 0.6) is 5.75 Å². The number of rotatable bonds is 4. The van der Waals surface area contributed by atoms with E-state index >= 15 is 0 Å². The summed E-state index contributed by atoms with van der Waals surface area (Å²) in [6, 6.07) is 16.6. The summed E-state index contributed by atoms with van der Waals surface area (Å²) >= 11 is 0. The Morgan fingerprint density at radius 1 is 0.720 bits per heavy atom. The van der Waals surface area contributed by atoms with Crippen LogP contribution < -0.4 is 4.18 Å². The zero-order valence-corrected chi connectivity index (χ0v) is 13.8. The van der Waals surface area contributed by atoms with E-state index in [0.717, 1.165) is 17.5 Å². The fraction of sp³-hybridized carbons (Fsp3) is 0. The van der Waals surface area contributed by atoms with E-state index in [1.807, 2.05) is 0 Å². The fourth-order valence-corrected chi connectivity index (χ4v) is 4.53. The van der Waals surface area contributed by atoms with Crippen LogP contribution >= 0.6 is 0 Å². The molecule has 3 aromatic carbocycles. The first-order valence-electron chi connectivity index (χ1n) is 6.78. The summed E-state index contributed by atoms with van der Waals surface area (Å²) in [5, 5.41) is 1.33. The SMILES string of the molecule is O=S(=O)(O)c1ccccc1S(=O)(=O)Oc1cccc2ccccc12.[NaH]. The molecule has 0 aliphatic carbocycles. The van der Waals surface area contributed by atoms with Crippen LogP contribution in [0.25, 0.3) is 10.8 Å². The van der Waals surface area contributed by atoms with Crippen molar-refractivity contribution in [3.8, 4) is 5.75 Å². The van der Waals surface area contributed by atoms with Gasteiger partial charge < -0.3 is 4.18 Å². The average Bonchev–Trinajstić information content (AvgIpc) is 2.54. The summed E-state index contributed by atoms with van der Waals surface area (Å²) in [5.41, 5.74) is 0. The Balaban J connectivity index is 0.00000225. The van der Waals surface area contributed by atoms with E-state index in [-0.39, 0.29) is 35.3 Å². The van der Waals surface area contributed by atoms with Gasteiger partial charge in [-0.05, 0) is 23.6 Å². The third kappa shape index (κ3) is 4.22. The van der Waals surface area contributed by atoms with Crippen LogP contribution in [0.3, 0.4) is 0 Å². The van der Waals surface area contributed by atoms with Crippen molar-refractivity contribution >= 4 is 60.6 Å². The molecule has 9 heteroatoms. The molecule has 1 N–H and O–H groups in total. The number of hydrogen-bond donors (Lipinski definition) is 1. The van der Waals surface area contributed by atoms with Gasteiger partial charge in [0.05, 0.1) is 0 Å². The summed E-state index contributed by atoms with van der Waals surface area (Å²) in [4.78, 5) is -1.36. The molecular weight excluding hydrogens is 375 g/mol. The molecule has 0 unspecified atom stereocenters. The van der Waals surface area contributed by atoms with Gasteiger partial charge in [-0.1, -0.05) is 48.5 Å². The Labute approximate surface area is 167 Å². The standard InChI is InChI=1S/C16H12O6S2.Na.H/c17-23(18,19)15-10-3-4-11-16(15)24(20,21)22-14-9-5-7-12-6-1-2-8-13(12)14;;/h1-11H,(H,17,18,19);;. The Bertz CT molecular complexity index is 1120. The Morgan fingerprint density at radius 2 is 1.28 bits per heavy atom. The summed E-state index contributed by atoms with van der Waals surface area (Å²) in [6.45, 7) is 0. The first-order valence-corrected chi connectivity index (χ1v) is 9.63. The van der Waals surface area contributed by atoms with Crippen molar-refractivity contribution in [3.63, 3.8) is 0 Å². The molecule has 0 heterocycles. The van der Waals surface area contributed by atoms with Crippen molar-refractivity contribution in [3.05, 3.63) is 66.7 Å². The second-order valence-corrected chi connectivity index (χ2v) is 7.84. The van der Waals surface area contributed by atoms with E-state index in [1.165, 1.54) is 18.2 Å². The molecule has 0 saturated carbocycles. The van der Waals surface area contributed by atoms with E-state index < -0.39 is 30.0 Å². The van der Waals surface area contributed by atoms with Crippen molar-refractivity contribution in [2.24, 2.45) is 0 Å². The first-order chi connectivity index (χ1) is 11.3. The molecule has 126 valence electrons. The summed E-state index contributed by atoms with van der Waals surface area (Å²) < 4.78 is 62.2. The molecule has 0 aliphatic heterocycles. The van der Waals surface area contributed by atoms with Crippen LogP contribution in [0.1, 0.15) is 0 Å². The maximum absolute atomic E-state index is 12.5. The molecule has 0 radical (unpaired) electrons. The van der Waals surface area contributed by atoms with Crippen LogP contribution in [-0.2, 0) is 20.2 Å². The summed E-state index contributed by atoms with van der Waals surface area (Å²) in [5.74, 6) is 0.0678. The molecule has 6 nitrogen and oxygen atoms in total. The quantitative estimate of drug-likeness (QED) is 0.418. The molecular formula is C16H13NaO6S2. The van der Waals surface area contributed by atoms with Gasteiger partial charge in [-0.2, -0.15) is 16.8 Å². The molecule has 0 bridgehead atoms. The van der Waals surface area contributed by atoms with Gasteiger partial charge in [0.25, 0.3) is 10.1 Å². The van der Waals surface area contributed by atoms with E-state index in [0.29, 0.717) is 5.39 Å². The minimum absolute atomic E-state index is 0. The van der Waals surface area contributed by atoms with Gasteiger partial charge in [-0.3, -0.25) is 4.55 Å². The zero-order chi connectivity index (χ0) is 17.4. The van der Waals surface area contributed by atoms with Crippen molar-refractivity contribution in [1.82, 2.24) is 0 Å². The predicted octanol–water partition coefficient (Wildman–Crippen LogP) is 2.21. The van der Waals surface area contributed by atoms with Gasteiger partial charge in [0, 0.05) is 5.39 Å². The van der Waals surface area contributed by atoms with Crippen LogP contribution in [0.2, 0.25) is 0 Å². The van der Waals surface area contributed by atoms with Crippen LogP contribution in [-0.4, -0.2) is 50.9 Å². The average molecular weight is 388 g/mol. The van der Waals surface area contributed by atoms with Crippen molar-refractivity contribution < 1.29 is 25.6 Å². The molecule has 0 aromatic heterocycles. The topological polar surface area (TPSA) is 97.7 Å². The van der Waals surface area contributed by atoms with Crippen molar-refractivity contribution in [2.45, 2.75) is 9.79 Å². The Morgan fingerprint density at radius 3 is 1.96 bits per heavy atom. The first kappa shape index (κ1) is 19.9. The van der Waals surface area contributed by atoms with Crippen LogP contribution in [0.15, 0.2) is 76.5 Å². The van der Waals surface area contributed by atoms with Gasteiger partial charge in [0.15, 0.2) is 5.75 Å². The van der Waals surface area contributed by atoms with Gasteiger partial charge in [0.2, 0.25) is 0 Å². The molecule has 3 aromatic rings. The second kappa shape index (κ2) is 7.45. The molecule has 0 saturated heterocycles. The third-order valence-corrected chi connectivity index (χ3v) is 5.68. The Kier molecular flexibility index (Phi) is 5.93. The van der Waals surface area contributed by atoms with Gasteiger partial charge >= 0.3 is 39.7 Å². The molecule has 0 spiro atoms. The third-order valence-electron chi connectivity index (χ3n) is 3.35. The van der Waals surface area contributed by atoms with Gasteiger partial charge in [-0.25, -0.2) is 0 Å². The van der Waals surface area contributed by atoms with E-state index in [1.54, 1.807) is 36.4 Å². The van der Waals surface area contributed by atoms with Crippen molar-refractivity contribution in [2.75, 3.05) is 0 Å². The number of benzene rings is 3. The molecule has 0 fully saturated rings. The van der Waals surface area contributed by atoms with Crippen molar-refractivity contribution in [1.29, 1.82) is 0 Å². The van der Waals surface area contributed by atoms with Crippen LogP contribution in [0, 0.1) is 0 Å². The summed E-state index contributed by atoms with van der Waals surface area (Å²) in [7, 11) is -9.17. The van der Waals surface area contributed by atoms with Gasteiger partial charge in [0.1, 0.15) is 9.79 Å². The number of fused-ring (bicyclic) bond motifs is 1. The Hall–Kier alpha value is -1.42. The van der Waals surface area contributed by atoms with Crippen LogP contribution in [0.4, 0.5) is 0 Å². The molecule has 0 aliphatic rings. The van der Waals surface area contributed by atoms with E-state index in [9.17, 15) is 21.4 Å². The summed E-state index contributed by atoms with van der Waals surface area (Å²) in [6.07, 6.45) is 0. The monoisotopic (exact) mass is 388 g/mol. The maximum atomic E-state index is 12.5. The van der Waals surface area contributed by atoms with E-state index in [4.69, 9.17) is 4.18 Å². The normalized spacial score (nSPS) is 11.7. The zero-order valence-electron chi connectivity index (χ0n) is 12.2. The number of hydrogen-bond acceptors (Lipinski definition) is 5. The molecule has 25 heavy (non-hydrogen) atoms. The second-order valence-electron chi connectivity index (χ2n) is 4.94. The fourth-order valence-electron chi connectivity index (χ4n) is 2.30.